The Kier molecular flexibility index (Phi) is 8.66. The highest BCUT2D eigenvalue weighted by atomic mass is 16.5. The molecule has 32 heavy (non-hydrogen) atoms. The van der Waals surface area contributed by atoms with Crippen LogP contribution in [-0.2, 0) is 0 Å². The van der Waals surface area contributed by atoms with Crippen LogP contribution in [0.2, 0.25) is 0 Å². The number of nitrogens with zero attached hydrogens (tertiary/aromatic N) is 1. The topological polar surface area (TPSA) is 107 Å². The first-order chi connectivity index (χ1) is 15.1. The Balaban J connectivity index is 2.08. The van der Waals surface area contributed by atoms with Gasteiger partial charge in [-0.25, -0.2) is 9.59 Å². The van der Waals surface area contributed by atoms with Crippen molar-refractivity contribution in [3.05, 3.63) is 59.2 Å². The Morgan fingerprint density at radius 2 is 1.69 bits per heavy atom. The highest BCUT2D eigenvalue weighted by Crippen LogP contribution is 2.28. The number of carbonyl (C=O) groups is 2. The average molecular weight is 444 g/mol. The summed E-state index contributed by atoms with van der Waals surface area (Å²) in [5.74, 6) is -1.95. The fraction of sp³-hybridized carbons (Fsp3) is 0.440. The van der Waals surface area contributed by atoms with Gasteiger partial charge < -0.3 is 25.0 Å². The van der Waals surface area contributed by atoms with Gasteiger partial charge in [0.15, 0.2) is 0 Å². The molecular weight excluding hydrogens is 410 g/mol. The van der Waals surface area contributed by atoms with Crippen molar-refractivity contribution in [1.29, 1.82) is 0 Å². The summed E-state index contributed by atoms with van der Waals surface area (Å²) >= 11 is 0. The molecule has 7 heteroatoms. The molecule has 0 saturated heterocycles. The Hall–Kier alpha value is -3.06. The van der Waals surface area contributed by atoms with Crippen LogP contribution in [0.25, 0.3) is 0 Å². The van der Waals surface area contributed by atoms with Crippen molar-refractivity contribution in [3.63, 3.8) is 0 Å². The van der Waals surface area contributed by atoms with E-state index in [0.29, 0.717) is 11.3 Å². The summed E-state index contributed by atoms with van der Waals surface area (Å²) in [6.07, 6.45) is 2.62. The van der Waals surface area contributed by atoms with E-state index in [1.807, 2.05) is 45.2 Å². The van der Waals surface area contributed by atoms with Crippen molar-refractivity contribution < 1.29 is 29.6 Å². The van der Waals surface area contributed by atoms with E-state index < -0.39 is 23.6 Å². The summed E-state index contributed by atoms with van der Waals surface area (Å²) in [6, 6.07) is 11.8. The summed E-state index contributed by atoms with van der Waals surface area (Å²) in [5, 5.41) is 29.0. The van der Waals surface area contributed by atoms with Crippen LogP contribution in [0.5, 0.6) is 5.75 Å². The quantitative estimate of drug-likeness (QED) is 0.424. The molecule has 0 aliphatic carbocycles. The second-order valence-electron chi connectivity index (χ2n) is 8.13. The molecule has 7 nitrogen and oxygen atoms in total. The highest BCUT2D eigenvalue weighted by Gasteiger charge is 2.22. The van der Waals surface area contributed by atoms with Crippen molar-refractivity contribution in [2.24, 2.45) is 0 Å². The molecule has 0 amide bonds. The summed E-state index contributed by atoms with van der Waals surface area (Å²) in [7, 11) is 1.99. The lowest BCUT2D eigenvalue weighted by Gasteiger charge is -2.27. The van der Waals surface area contributed by atoms with Crippen LogP contribution in [0.1, 0.15) is 78.8 Å². The molecule has 0 bridgehead atoms. The standard InChI is InChI=1S/C25H33NO6/c1-5-25(31,6-2)13-8-14-26(4)19-9-7-10-20(16-19)32-17(3)18-11-12-21(23(27)28)22(15-18)24(29)30/h7,9-12,15-17,31H,5-6,8,13-14H2,1-4H3,(H,27,28)(H,29,30). The van der Waals surface area contributed by atoms with Gasteiger partial charge in [0, 0.05) is 25.3 Å². The third-order valence-electron chi connectivity index (χ3n) is 6.00. The minimum absolute atomic E-state index is 0.255. The molecule has 2 rings (SSSR count). The summed E-state index contributed by atoms with van der Waals surface area (Å²) in [4.78, 5) is 24.8. The van der Waals surface area contributed by atoms with Gasteiger partial charge in [0.2, 0.25) is 0 Å². The van der Waals surface area contributed by atoms with E-state index in [-0.39, 0.29) is 11.1 Å². The largest absolute Gasteiger partial charge is 0.486 e. The van der Waals surface area contributed by atoms with Crippen molar-refractivity contribution in [2.75, 3.05) is 18.5 Å². The zero-order valence-electron chi connectivity index (χ0n) is 19.2. The maximum absolute atomic E-state index is 11.4. The molecule has 0 fully saturated rings. The van der Waals surface area contributed by atoms with Crippen LogP contribution < -0.4 is 9.64 Å². The second-order valence-corrected chi connectivity index (χ2v) is 8.13. The van der Waals surface area contributed by atoms with Gasteiger partial charge in [0.25, 0.3) is 0 Å². The number of aliphatic hydroxyl groups is 1. The minimum atomic E-state index is -1.29. The number of carboxylic acid groups (broad SMARTS) is 2. The van der Waals surface area contributed by atoms with Gasteiger partial charge in [0.1, 0.15) is 11.9 Å². The zero-order valence-corrected chi connectivity index (χ0v) is 19.2. The molecule has 0 radical (unpaired) electrons. The number of rotatable bonds is 12. The number of aromatic carboxylic acids is 2. The monoisotopic (exact) mass is 443 g/mol. The Morgan fingerprint density at radius 1 is 1.03 bits per heavy atom. The van der Waals surface area contributed by atoms with Crippen molar-refractivity contribution >= 4 is 17.6 Å². The lowest BCUT2D eigenvalue weighted by molar-refractivity contribution is 0.0223. The molecule has 2 aromatic carbocycles. The fourth-order valence-electron chi connectivity index (χ4n) is 3.62. The maximum atomic E-state index is 11.4. The SMILES string of the molecule is CCC(O)(CC)CCCN(C)c1cccc(OC(C)c2ccc(C(=O)O)c(C(=O)O)c2)c1. The second kappa shape index (κ2) is 11.0. The molecule has 0 saturated carbocycles. The number of anilines is 1. The summed E-state index contributed by atoms with van der Waals surface area (Å²) in [5.41, 5.74) is 0.420. The van der Waals surface area contributed by atoms with E-state index in [9.17, 15) is 24.9 Å². The number of hydrogen-bond donors (Lipinski definition) is 3. The highest BCUT2D eigenvalue weighted by molar-refractivity contribution is 6.01. The molecule has 174 valence electrons. The number of ether oxygens (including phenoxy) is 1. The van der Waals surface area contributed by atoms with Crippen LogP contribution in [-0.4, -0.2) is 46.5 Å². The van der Waals surface area contributed by atoms with E-state index in [2.05, 4.69) is 4.90 Å². The molecule has 0 heterocycles. The predicted molar refractivity (Wildman–Crippen MR) is 124 cm³/mol. The molecular formula is C25H33NO6. The molecule has 0 aliphatic heterocycles. The molecule has 0 aromatic heterocycles. The van der Waals surface area contributed by atoms with Gasteiger partial charge in [-0.05, 0) is 62.4 Å². The van der Waals surface area contributed by atoms with Gasteiger partial charge in [0.05, 0.1) is 16.7 Å². The third kappa shape index (κ3) is 6.47. The van der Waals surface area contributed by atoms with Gasteiger partial charge in [-0.3, -0.25) is 0 Å². The first-order valence-electron chi connectivity index (χ1n) is 10.9. The van der Waals surface area contributed by atoms with E-state index in [0.717, 1.165) is 37.9 Å². The van der Waals surface area contributed by atoms with E-state index in [4.69, 9.17) is 4.74 Å². The number of carboxylic acids is 2. The summed E-state index contributed by atoms with van der Waals surface area (Å²) < 4.78 is 6.01. The normalized spacial score (nSPS) is 12.3. The van der Waals surface area contributed by atoms with Crippen LogP contribution in [0.15, 0.2) is 42.5 Å². The van der Waals surface area contributed by atoms with E-state index in [1.54, 1.807) is 13.0 Å². The molecule has 3 N–H and O–H groups in total. The smallest absolute Gasteiger partial charge is 0.336 e. The molecule has 1 unspecified atom stereocenters. The van der Waals surface area contributed by atoms with Gasteiger partial charge in [-0.2, -0.15) is 0 Å². The fourth-order valence-corrected chi connectivity index (χ4v) is 3.62. The van der Waals surface area contributed by atoms with E-state index in [1.165, 1.54) is 12.1 Å². The summed E-state index contributed by atoms with van der Waals surface area (Å²) in [6.45, 7) is 6.59. The predicted octanol–water partition coefficient (Wildman–Crippen LogP) is 4.99. The molecule has 2 aromatic rings. The third-order valence-corrected chi connectivity index (χ3v) is 6.00. The number of hydrogen-bond acceptors (Lipinski definition) is 5. The van der Waals surface area contributed by atoms with Crippen LogP contribution in [0, 0.1) is 0 Å². The average Bonchev–Trinajstić information content (AvgIpc) is 2.78. The number of benzene rings is 2. The lowest BCUT2D eigenvalue weighted by atomic mass is 9.92. The van der Waals surface area contributed by atoms with Crippen molar-refractivity contribution in [3.8, 4) is 5.75 Å². The molecule has 1 atom stereocenters. The van der Waals surface area contributed by atoms with Crippen molar-refractivity contribution in [2.45, 2.75) is 58.2 Å². The van der Waals surface area contributed by atoms with Gasteiger partial charge in [-0.1, -0.05) is 26.0 Å². The zero-order chi connectivity index (χ0) is 23.9. The van der Waals surface area contributed by atoms with Crippen LogP contribution in [0.4, 0.5) is 5.69 Å². The lowest BCUT2D eigenvalue weighted by Crippen LogP contribution is -2.28. The van der Waals surface area contributed by atoms with Crippen LogP contribution >= 0.6 is 0 Å². The van der Waals surface area contributed by atoms with Crippen molar-refractivity contribution in [1.82, 2.24) is 0 Å². The Labute approximate surface area is 189 Å². The van der Waals surface area contributed by atoms with Gasteiger partial charge in [-0.15, -0.1) is 0 Å². The van der Waals surface area contributed by atoms with E-state index >= 15 is 0 Å². The maximum Gasteiger partial charge on any atom is 0.336 e. The molecule has 0 spiro atoms. The Bertz CT molecular complexity index is 938. The van der Waals surface area contributed by atoms with Crippen LogP contribution in [0.3, 0.4) is 0 Å². The Morgan fingerprint density at radius 3 is 2.28 bits per heavy atom. The first-order valence-corrected chi connectivity index (χ1v) is 10.9. The molecule has 0 aliphatic rings. The minimum Gasteiger partial charge on any atom is -0.486 e. The van der Waals surface area contributed by atoms with Gasteiger partial charge >= 0.3 is 11.9 Å². The first kappa shape index (κ1) is 25.2.